The fourth-order valence-corrected chi connectivity index (χ4v) is 2.57. The van der Waals surface area contributed by atoms with Crippen LogP contribution in [0.4, 0.5) is 4.39 Å². The molecule has 0 saturated carbocycles. The summed E-state index contributed by atoms with van der Waals surface area (Å²) in [7, 11) is 0. The SMILES string of the molecule is CC(O)c1cc(Br)ccc1OCc1cc(Br)ccc1F. The van der Waals surface area contributed by atoms with E-state index in [-0.39, 0.29) is 12.4 Å². The summed E-state index contributed by atoms with van der Waals surface area (Å²) in [6, 6.07) is 10.1. The third-order valence-electron chi connectivity index (χ3n) is 2.81. The first kappa shape index (κ1) is 15.5. The molecule has 0 bridgehead atoms. The molecule has 0 aliphatic heterocycles. The molecule has 5 heteroatoms. The largest absolute Gasteiger partial charge is 0.488 e. The predicted octanol–water partition coefficient (Wildman–Crippen LogP) is 4.98. The molecule has 0 amide bonds. The fourth-order valence-electron chi connectivity index (χ4n) is 1.79. The molecule has 0 aromatic heterocycles. The molecule has 1 unspecified atom stereocenters. The number of rotatable bonds is 4. The molecule has 2 nitrogen and oxygen atoms in total. The molecule has 2 aromatic rings. The van der Waals surface area contributed by atoms with Gasteiger partial charge in [0.25, 0.3) is 0 Å². The Morgan fingerprint density at radius 3 is 2.50 bits per heavy atom. The van der Waals surface area contributed by atoms with E-state index in [1.807, 2.05) is 6.07 Å². The van der Waals surface area contributed by atoms with Gasteiger partial charge in [-0.15, -0.1) is 0 Å². The number of hydrogen-bond acceptors (Lipinski definition) is 2. The summed E-state index contributed by atoms with van der Waals surface area (Å²) in [5.41, 5.74) is 1.12. The first-order chi connectivity index (χ1) is 9.47. The van der Waals surface area contributed by atoms with Crippen LogP contribution in [-0.4, -0.2) is 5.11 Å². The van der Waals surface area contributed by atoms with Crippen LogP contribution in [0.25, 0.3) is 0 Å². The van der Waals surface area contributed by atoms with Crippen molar-refractivity contribution < 1.29 is 14.2 Å². The minimum absolute atomic E-state index is 0.104. The summed E-state index contributed by atoms with van der Waals surface area (Å²) in [5.74, 6) is 0.228. The summed E-state index contributed by atoms with van der Waals surface area (Å²) in [5, 5.41) is 9.74. The quantitative estimate of drug-likeness (QED) is 0.779. The number of halogens is 3. The van der Waals surface area contributed by atoms with E-state index in [4.69, 9.17) is 4.74 Å². The van der Waals surface area contributed by atoms with Crippen LogP contribution in [-0.2, 0) is 6.61 Å². The normalized spacial score (nSPS) is 12.2. The average Bonchev–Trinajstić information content (AvgIpc) is 2.40. The Balaban J connectivity index is 2.20. The molecular formula is C15H13Br2FO2. The second-order valence-electron chi connectivity index (χ2n) is 4.38. The zero-order chi connectivity index (χ0) is 14.7. The van der Waals surface area contributed by atoms with Gasteiger partial charge < -0.3 is 9.84 Å². The topological polar surface area (TPSA) is 29.5 Å². The van der Waals surface area contributed by atoms with E-state index in [2.05, 4.69) is 31.9 Å². The van der Waals surface area contributed by atoms with Crippen molar-refractivity contribution in [3.63, 3.8) is 0 Å². The van der Waals surface area contributed by atoms with E-state index >= 15 is 0 Å². The molecule has 0 saturated heterocycles. The first-order valence-electron chi connectivity index (χ1n) is 6.01. The maximum atomic E-state index is 13.6. The lowest BCUT2D eigenvalue weighted by Gasteiger charge is -2.14. The van der Waals surface area contributed by atoms with Crippen LogP contribution in [0.1, 0.15) is 24.2 Å². The van der Waals surface area contributed by atoms with Gasteiger partial charge in [-0.1, -0.05) is 31.9 Å². The highest BCUT2D eigenvalue weighted by Gasteiger charge is 2.11. The Labute approximate surface area is 133 Å². The van der Waals surface area contributed by atoms with E-state index < -0.39 is 6.10 Å². The van der Waals surface area contributed by atoms with Gasteiger partial charge in [-0.05, 0) is 43.3 Å². The zero-order valence-corrected chi connectivity index (χ0v) is 13.9. The predicted molar refractivity (Wildman–Crippen MR) is 83.2 cm³/mol. The third-order valence-corrected chi connectivity index (χ3v) is 3.80. The van der Waals surface area contributed by atoms with Crippen molar-refractivity contribution in [1.82, 2.24) is 0 Å². The zero-order valence-electron chi connectivity index (χ0n) is 10.7. The van der Waals surface area contributed by atoms with Crippen molar-refractivity contribution >= 4 is 31.9 Å². The number of aliphatic hydroxyl groups is 1. The fraction of sp³-hybridized carbons (Fsp3) is 0.200. The molecule has 1 N–H and O–H groups in total. The van der Waals surface area contributed by atoms with Gasteiger partial charge in [0.2, 0.25) is 0 Å². The van der Waals surface area contributed by atoms with E-state index in [9.17, 15) is 9.50 Å². The van der Waals surface area contributed by atoms with Gasteiger partial charge in [0.05, 0.1) is 6.10 Å². The van der Waals surface area contributed by atoms with Gasteiger partial charge in [0.1, 0.15) is 18.2 Å². The van der Waals surface area contributed by atoms with Crippen molar-refractivity contribution in [2.75, 3.05) is 0 Å². The van der Waals surface area contributed by atoms with Crippen LogP contribution in [0.2, 0.25) is 0 Å². The summed E-state index contributed by atoms with van der Waals surface area (Å²) in [4.78, 5) is 0. The molecule has 0 aliphatic rings. The Kier molecular flexibility index (Phi) is 5.18. The highest BCUT2D eigenvalue weighted by molar-refractivity contribution is 9.10. The molecule has 0 spiro atoms. The number of hydrogen-bond donors (Lipinski definition) is 1. The molecule has 0 heterocycles. The van der Waals surface area contributed by atoms with Crippen molar-refractivity contribution in [1.29, 1.82) is 0 Å². The van der Waals surface area contributed by atoms with Gasteiger partial charge in [-0.25, -0.2) is 4.39 Å². The Morgan fingerprint density at radius 1 is 1.15 bits per heavy atom. The molecule has 1 atom stereocenters. The molecule has 0 fully saturated rings. The van der Waals surface area contributed by atoms with Gasteiger partial charge in [0, 0.05) is 20.1 Å². The van der Waals surface area contributed by atoms with E-state index in [0.29, 0.717) is 16.9 Å². The van der Waals surface area contributed by atoms with Crippen LogP contribution >= 0.6 is 31.9 Å². The van der Waals surface area contributed by atoms with Gasteiger partial charge in [-0.3, -0.25) is 0 Å². The Hall–Kier alpha value is -0.910. The Morgan fingerprint density at radius 2 is 1.80 bits per heavy atom. The summed E-state index contributed by atoms with van der Waals surface area (Å²) in [6.45, 7) is 1.76. The van der Waals surface area contributed by atoms with Crippen LogP contribution in [0.15, 0.2) is 45.3 Å². The standard InChI is InChI=1S/C15H13Br2FO2/c1-9(19)13-7-12(17)3-5-15(13)20-8-10-6-11(16)2-4-14(10)18/h2-7,9,19H,8H2,1H3. The molecule has 20 heavy (non-hydrogen) atoms. The smallest absolute Gasteiger partial charge is 0.129 e. The van der Waals surface area contributed by atoms with Crippen LogP contribution in [0.3, 0.4) is 0 Å². The summed E-state index contributed by atoms with van der Waals surface area (Å²) >= 11 is 6.65. The van der Waals surface area contributed by atoms with Crippen molar-refractivity contribution in [2.24, 2.45) is 0 Å². The lowest BCUT2D eigenvalue weighted by atomic mass is 10.1. The van der Waals surface area contributed by atoms with Crippen molar-refractivity contribution in [2.45, 2.75) is 19.6 Å². The maximum absolute atomic E-state index is 13.6. The average molecular weight is 404 g/mol. The monoisotopic (exact) mass is 402 g/mol. The minimum atomic E-state index is -0.658. The molecular weight excluding hydrogens is 391 g/mol. The second kappa shape index (κ2) is 6.70. The van der Waals surface area contributed by atoms with E-state index in [1.54, 1.807) is 31.2 Å². The highest BCUT2D eigenvalue weighted by atomic mass is 79.9. The maximum Gasteiger partial charge on any atom is 0.129 e. The molecule has 2 rings (SSSR count). The van der Waals surface area contributed by atoms with Gasteiger partial charge >= 0.3 is 0 Å². The number of benzene rings is 2. The van der Waals surface area contributed by atoms with Crippen LogP contribution in [0, 0.1) is 5.82 Å². The first-order valence-corrected chi connectivity index (χ1v) is 7.60. The molecule has 2 aromatic carbocycles. The number of aliphatic hydroxyl groups excluding tert-OH is 1. The lowest BCUT2D eigenvalue weighted by molar-refractivity contribution is 0.189. The third kappa shape index (κ3) is 3.81. The van der Waals surface area contributed by atoms with Crippen molar-refractivity contribution in [3.8, 4) is 5.75 Å². The van der Waals surface area contributed by atoms with E-state index in [1.165, 1.54) is 6.07 Å². The molecule has 0 aliphatic carbocycles. The van der Waals surface area contributed by atoms with Crippen LogP contribution < -0.4 is 4.74 Å². The van der Waals surface area contributed by atoms with Gasteiger partial charge in [0.15, 0.2) is 0 Å². The Bertz CT molecular complexity index is 615. The summed E-state index contributed by atoms with van der Waals surface area (Å²) < 4.78 is 20.9. The highest BCUT2D eigenvalue weighted by Crippen LogP contribution is 2.29. The number of ether oxygens (including phenoxy) is 1. The van der Waals surface area contributed by atoms with Crippen LogP contribution in [0.5, 0.6) is 5.75 Å². The molecule has 0 radical (unpaired) electrons. The minimum Gasteiger partial charge on any atom is -0.488 e. The second-order valence-corrected chi connectivity index (χ2v) is 6.21. The summed E-state index contributed by atoms with van der Waals surface area (Å²) in [6.07, 6.45) is -0.658. The molecule has 106 valence electrons. The lowest BCUT2D eigenvalue weighted by Crippen LogP contribution is -2.02. The van der Waals surface area contributed by atoms with E-state index in [0.717, 1.165) is 8.95 Å². The van der Waals surface area contributed by atoms with Gasteiger partial charge in [-0.2, -0.15) is 0 Å². The van der Waals surface area contributed by atoms with Crippen molar-refractivity contribution in [3.05, 3.63) is 62.3 Å².